The summed E-state index contributed by atoms with van der Waals surface area (Å²) < 4.78 is 0. The summed E-state index contributed by atoms with van der Waals surface area (Å²) in [5.74, 6) is 0. The lowest BCUT2D eigenvalue weighted by Crippen LogP contribution is -1.79. The van der Waals surface area contributed by atoms with Crippen molar-refractivity contribution >= 4 is 0 Å². The van der Waals surface area contributed by atoms with Crippen LogP contribution in [0.5, 0.6) is 0 Å². The van der Waals surface area contributed by atoms with Gasteiger partial charge in [0.2, 0.25) is 0 Å². The summed E-state index contributed by atoms with van der Waals surface area (Å²) in [5, 5.41) is 8.50. The fraction of sp³-hybridized carbons (Fsp3) is 0.556. The van der Waals surface area contributed by atoms with Gasteiger partial charge >= 0.3 is 0 Å². The molecule has 0 fully saturated rings. The SMILES string of the molecule is C/C=C/CC/C(C)=C/CO. The topological polar surface area (TPSA) is 20.2 Å². The van der Waals surface area contributed by atoms with Crippen molar-refractivity contribution in [3.05, 3.63) is 23.8 Å². The van der Waals surface area contributed by atoms with E-state index in [1.165, 1.54) is 5.57 Å². The maximum atomic E-state index is 8.50. The lowest BCUT2D eigenvalue weighted by molar-refractivity contribution is 0.341. The van der Waals surface area contributed by atoms with Crippen LogP contribution in [0.25, 0.3) is 0 Å². The van der Waals surface area contributed by atoms with Crippen molar-refractivity contribution in [3.63, 3.8) is 0 Å². The van der Waals surface area contributed by atoms with Gasteiger partial charge in [0.15, 0.2) is 0 Å². The standard InChI is InChI=1S/C9H16O/c1-3-4-5-6-9(2)7-8-10/h3-4,7,10H,5-6,8H2,1-2H3/b4-3+,9-7+. The molecule has 0 rings (SSSR count). The Labute approximate surface area is 63.1 Å². The molecule has 58 valence electrons. The third-order valence-electron chi connectivity index (χ3n) is 1.38. The lowest BCUT2D eigenvalue weighted by atomic mass is 10.1. The van der Waals surface area contributed by atoms with Gasteiger partial charge in [-0.2, -0.15) is 0 Å². The van der Waals surface area contributed by atoms with Crippen LogP contribution in [0.15, 0.2) is 23.8 Å². The third kappa shape index (κ3) is 5.57. The van der Waals surface area contributed by atoms with E-state index in [2.05, 4.69) is 6.08 Å². The van der Waals surface area contributed by atoms with Crippen molar-refractivity contribution in [2.75, 3.05) is 6.61 Å². The molecule has 0 aliphatic rings. The number of hydrogen-bond acceptors (Lipinski definition) is 1. The molecule has 0 aliphatic carbocycles. The van der Waals surface area contributed by atoms with Crippen molar-refractivity contribution in [2.24, 2.45) is 0 Å². The number of rotatable bonds is 4. The van der Waals surface area contributed by atoms with Gasteiger partial charge in [0, 0.05) is 0 Å². The van der Waals surface area contributed by atoms with Crippen molar-refractivity contribution in [1.29, 1.82) is 0 Å². The van der Waals surface area contributed by atoms with Crippen LogP contribution >= 0.6 is 0 Å². The summed E-state index contributed by atoms with van der Waals surface area (Å²) in [4.78, 5) is 0. The van der Waals surface area contributed by atoms with Crippen LogP contribution in [0.4, 0.5) is 0 Å². The molecule has 0 aromatic carbocycles. The molecule has 0 radical (unpaired) electrons. The van der Waals surface area contributed by atoms with Gasteiger partial charge in [-0.3, -0.25) is 0 Å². The second kappa shape index (κ2) is 6.56. The average molecular weight is 140 g/mol. The van der Waals surface area contributed by atoms with Gasteiger partial charge in [-0.05, 0) is 26.7 Å². The fourth-order valence-electron chi connectivity index (χ4n) is 0.736. The smallest absolute Gasteiger partial charge is 0.0614 e. The monoisotopic (exact) mass is 140 g/mol. The van der Waals surface area contributed by atoms with Gasteiger partial charge in [-0.15, -0.1) is 0 Å². The number of allylic oxidation sites excluding steroid dienone is 3. The summed E-state index contributed by atoms with van der Waals surface area (Å²) >= 11 is 0. The van der Waals surface area contributed by atoms with Gasteiger partial charge in [-0.1, -0.05) is 23.8 Å². The van der Waals surface area contributed by atoms with Gasteiger partial charge in [0.1, 0.15) is 0 Å². The summed E-state index contributed by atoms with van der Waals surface area (Å²) in [6, 6.07) is 0. The van der Waals surface area contributed by atoms with Gasteiger partial charge in [0.05, 0.1) is 6.61 Å². The largest absolute Gasteiger partial charge is 0.392 e. The van der Waals surface area contributed by atoms with Crippen LogP contribution in [-0.4, -0.2) is 11.7 Å². The van der Waals surface area contributed by atoms with E-state index >= 15 is 0 Å². The highest BCUT2D eigenvalue weighted by Gasteiger charge is 1.84. The Hall–Kier alpha value is -0.560. The van der Waals surface area contributed by atoms with E-state index in [1.807, 2.05) is 26.0 Å². The Morgan fingerprint density at radius 1 is 1.50 bits per heavy atom. The Bertz CT molecular complexity index is 123. The van der Waals surface area contributed by atoms with E-state index in [0.29, 0.717) is 0 Å². The fourth-order valence-corrected chi connectivity index (χ4v) is 0.736. The van der Waals surface area contributed by atoms with Crippen molar-refractivity contribution in [1.82, 2.24) is 0 Å². The van der Waals surface area contributed by atoms with E-state index in [4.69, 9.17) is 5.11 Å². The van der Waals surface area contributed by atoms with Crippen LogP contribution in [0, 0.1) is 0 Å². The number of hydrogen-bond donors (Lipinski definition) is 1. The summed E-state index contributed by atoms with van der Waals surface area (Å²) in [6.45, 7) is 4.23. The number of aliphatic hydroxyl groups excluding tert-OH is 1. The molecule has 0 saturated carbocycles. The molecule has 0 unspecified atom stereocenters. The van der Waals surface area contributed by atoms with Crippen molar-refractivity contribution in [3.8, 4) is 0 Å². The van der Waals surface area contributed by atoms with Crippen molar-refractivity contribution in [2.45, 2.75) is 26.7 Å². The molecule has 1 N–H and O–H groups in total. The Morgan fingerprint density at radius 2 is 2.20 bits per heavy atom. The summed E-state index contributed by atoms with van der Waals surface area (Å²) in [5.41, 5.74) is 1.26. The highest BCUT2D eigenvalue weighted by Crippen LogP contribution is 2.03. The maximum absolute atomic E-state index is 8.50. The first-order valence-corrected chi connectivity index (χ1v) is 3.69. The molecule has 0 aliphatic heterocycles. The Kier molecular flexibility index (Phi) is 6.19. The highest BCUT2D eigenvalue weighted by atomic mass is 16.2. The predicted molar refractivity (Wildman–Crippen MR) is 44.9 cm³/mol. The molecule has 10 heavy (non-hydrogen) atoms. The van der Waals surface area contributed by atoms with E-state index in [1.54, 1.807) is 0 Å². The maximum Gasteiger partial charge on any atom is 0.0614 e. The third-order valence-corrected chi connectivity index (χ3v) is 1.38. The van der Waals surface area contributed by atoms with Crippen LogP contribution in [0.3, 0.4) is 0 Å². The van der Waals surface area contributed by atoms with Gasteiger partial charge in [0.25, 0.3) is 0 Å². The lowest BCUT2D eigenvalue weighted by Gasteiger charge is -1.94. The molecule has 0 atom stereocenters. The van der Waals surface area contributed by atoms with Crippen molar-refractivity contribution < 1.29 is 5.11 Å². The molecule has 0 bridgehead atoms. The molecular weight excluding hydrogens is 124 g/mol. The molecular formula is C9H16O. The predicted octanol–water partition coefficient (Wildman–Crippen LogP) is 2.28. The zero-order chi connectivity index (χ0) is 7.82. The minimum Gasteiger partial charge on any atom is -0.392 e. The van der Waals surface area contributed by atoms with Gasteiger partial charge < -0.3 is 5.11 Å². The minimum atomic E-state index is 0.168. The first-order chi connectivity index (χ1) is 4.81. The van der Waals surface area contributed by atoms with Crippen LogP contribution in [0.2, 0.25) is 0 Å². The van der Waals surface area contributed by atoms with Gasteiger partial charge in [-0.25, -0.2) is 0 Å². The summed E-state index contributed by atoms with van der Waals surface area (Å²) in [6.07, 6.45) is 8.17. The number of aliphatic hydroxyl groups is 1. The molecule has 0 heterocycles. The van der Waals surface area contributed by atoms with E-state index in [0.717, 1.165) is 12.8 Å². The highest BCUT2D eigenvalue weighted by molar-refractivity contribution is 4.99. The van der Waals surface area contributed by atoms with Crippen LogP contribution in [-0.2, 0) is 0 Å². The first-order valence-electron chi connectivity index (χ1n) is 3.69. The molecule has 0 aromatic rings. The van der Waals surface area contributed by atoms with Crippen LogP contribution in [0.1, 0.15) is 26.7 Å². The van der Waals surface area contributed by atoms with Crippen LogP contribution < -0.4 is 0 Å². The molecule has 0 spiro atoms. The van der Waals surface area contributed by atoms with E-state index < -0.39 is 0 Å². The van der Waals surface area contributed by atoms with E-state index in [-0.39, 0.29) is 6.61 Å². The molecule has 0 aromatic heterocycles. The Balaban J connectivity index is 3.38. The second-order valence-corrected chi connectivity index (χ2v) is 2.34. The normalized spacial score (nSPS) is 12.9. The average Bonchev–Trinajstić information content (AvgIpc) is 1.89. The second-order valence-electron chi connectivity index (χ2n) is 2.34. The molecule has 1 nitrogen and oxygen atoms in total. The quantitative estimate of drug-likeness (QED) is 0.594. The zero-order valence-electron chi connectivity index (χ0n) is 6.80. The summed E-state index contributed by atoms with van der Waals surface area (Å²) in [7, 11) is 0. The zero-order valence-corrected chi connectivity index (χ0v) is 6.80. The first kappa shape index (κ1) is 9.44. The van der Waals surface area contributed by atoms with E-state index in [9.17, 15) is 0 Å². The Morgan fingerprint density at radius 3 is 2.70 bits per heavy atom. The molecule has 1 heteroatoms. The minimum absolute atomic E-state index is 0.168. The molecule has 0 amide bonds. The molecule has 0 saturated heterocycles.